The highest BCUT2D eigenvalue weighted by Gasteiger charge is 2.27. The third-order valence-electron chi connectivity index (χ3n) is 5.48. The van der Waals surface area contributed by atoms with Crippen LogP contribution in [0.1, 0.15) is 29.9 Å². The van der Waals surface area contributed by atoms with Crippen LogP contribution in [0.3, 0.4) is 0 Å². The Labute approximate surface area is 176 Å². The fourth-order valence-corrected chi connectivity index (χ4v) is 3.79. The first-order valence-corrected chi connectivity index (χ1v) is 10.3. The van der Waals surface area contributed by atoms with E-state index in [9.17, 15) is 4.79 Å². The smallest absolute Gasteiger partial charge is 0.228 e. The summed E-state index contributed by atoms with van der Waals surface area (Å²) >= 11 is 0. The number of nitrogens with zero attached hydrogens (tertiary/aromatic N) is 2. The molecule has 1 saturated heterocycles. The van der Waals surface area contributed by atoms with Crippen LogP contribution in [0.25, 0.3) is 0 Å². The molecule has 0 aliphatic carbocycles. The Bertz CT molecular complexity index is 980. The fourth-order valence-electron chi connectivity index (χ4n) is 3.79. The molecule has 3 heterocycles. The monoisotopic (exact) mass is 405 g/mol. The Morgan fingerprint density at radius 2 is 2.13 bits per heavy atom. The number of pyridine rings is 1. The van der Waals surface area contributed by atoms with Crippen LogP contribution in [0.5, 0.6) is 11.5 Å². The van der Waals surface area contributed by atoms with E-state index >= 15 is 0 Å². The Morgan fingerprint density at radius 3 is 2.90 bits per heavy atom. The summed E-state index contributed by atoms with van der Waals surface area (Å²) in [6.45, 7) is 6.47. The Morgan fingerprint density at radius 1 is 1.27 bits per heavy atom. The second kappa shape index (κ2) is 9.13. The summed E-state index contributed by atoms with van der Waals surface area (Å²) in [6.07, 6.45) is 5.21. The molecule has 1 atom stereocenters. The average molecular weight is 405 g/mol. The van der Waals surface area contributed by atoms with E-state index in [1.54, 1.807) is 12.4 Å². The minimum atomic E-state index is -0.0673. The number of nitrogens with one attached hydrogen (secondary N) is 1. The maximum absolute atomic E-state index is 13.0. The summed E-state index contributed by atoms with van der Waals surface area (Å²) < 4.78 is 11.7. The second-order valence-corrected chi connectivity index (χ2v) is 7.80. The number of furan rings is 1. The van der Waals surface area contributed by atoms with Gasteiger partial charge in [0.05, 0.1) is 24.3 Å². The van der Waals surface area contributed by atoms with Crippen molar-refractivity contribution >= 4 is 11.6 Å². The largest absolute Gasteiger partial charge is 0.465 e. The summed E-state index contributed by atoms with van der Waals surface area (Å²) in [5.41, 5.74) is 1.84. The first kappa shape index (κ1) is 20.2. The van der Waals surface area contributed by atoms with Crippen molar-refractivity contribution in [1.82, 2.24) is 9.88 Å². The zero-order chi connectivity index (χ0) is 20.9. The predicted molar refractivity (Wildman–Crippen MR) is 116 cm³/mol. The third-order valence-corrected chi connectivity index (χ3v) is 5.48. The van der Waals surface area contributed by atoms with Crippen LogP contribution in [-0.4, -0.2) is 28.9 Å². The van der Waals surface area contributed by atoms with Crippen LogP contribution in [0.4, 0.5) is 5.69 Å². The summed E-state index contributed by atoms with van der Waals surface area (Å²) in [6, 6.07) is 13.2. The van der Waals surface area contributed by atoms with Gasteiger partial charge in [-0.2, -0.15) is 0 Å². The van der Waals surface area contributed by atoms with Gasteiger partial charge in [-0.05, 0) is 69.1 Å². The van der Waals surface area contributed by atoms with E-state index in [1.165, 1.54) is 5.56 Å². The number of benzene rings is 1. The first-order chi connectivity index (χ1) is 14.6. The molecule has 1 unspecified atom stereocenters. The summed E-state index contributed by atoms with van der Waals surface area (Å²) in [5.74, 6) is 3.11. The van der Waals surface area contributed by atoms with Crippen molar-refractivity contribution in [1.29, 1.82) is 0 Å². The quantitative estimate of drug-likeness (QED) is 0.629. The van der Waals surface area contributed by atoms with Gasteiger partial charge >= 0.3 is 0 Å². The number of likely N-dealkylation sites (tertiary alicyclic amines) is 1. The van der Waals surface area contributed by atoms with Crippen molar-refractivity contribution in [2.45, 2.75) is 33.2 Å². The van der Waals surface area contributed by atoms with Crippen molar-refractivity contribution in [3.8, 4) is 11.5 Å². The first-order valence-electron chi connectivity index (χ1n) is 10.3. The molecule has 0 bridgehead atoms. The number of para-hydroxylation sites is 2. The molecular formula is C24H27N3O3. The maximum Gasteiger partial charge on any atom is 0.228 e. The number of amides is 1. The van der Waals surface area contributed by atoms with E-state index in [2.05, 4.69) is 28.2 Å². The van der Waals surface area contributed by atoms with Crippen molar-refractivity contribution in [2.24, 2.45) is 5.92 Å². The molecule has 0 radical (unpaired) electrons. The van der Waals surface area contributed by atoms with E-state index in [1.807, 2.05) is 43.3 Å². The van der Waals surface area contributed by atoms with Gasteiger partial charge < -0.3 is 14.5 Å². The van der Waals surface area contributed by atoms with Crippen LogP contribution in [-0.2, 0) is 11.3 Å². The van der Waals surface area contributed by atoms with Crippen LogP contribution in [0.2, 0.25) is 0 Å². The second-order valence-electron chi connectivity index (χ2n) is 7.80. The zero-order valence-corrected chi connectivity index (χ0v) is 17.4. The number of hydrogen-bond donors (Lipinski definition) is 1. The van der Waals surface area contributed by atoms with Crippen LogP contribution >= 0.6 is 0 Å². The molecule has 1 N–H and O–H groups in total. The van der Waals surface area contributed by atoms with Gasteiger partial charge in [-0.3, -0.25) is 14.7 Å². The molecule has 2 aromatic heterocycles. The van der Waals surface area contributed by atoms with E-state index < -0.39 is 0 Å². The van der Waals surface area contributed by atoms with Crippen LogP contribution in [0.15, 0.2) is 59.3 Å². The molecule has 1 aliphatic rings. The number of rotatable bonds is 6. The lowest BCUT2D eigenvalue weighted by molar-refractivity contribution is -0.121. The van der Waals surface area contributed by atoms with Gasteiger partial charge in [0.2, 0.25) is 5.91 Å². The summed E-state index contributed by atoms with van der Waals surface area (Å²) in [7, 11) is 0. The topological polar surface area (TPSA) is 67.6 Å². The standard InChI is InChI=1S/C24H27N3O3/c1-17-13-21(29-18(17)2)16-27-12-6-7-19(15-27)24(28)26-22-9-3-4-10-23(22)30-20-8-5-11-25-14-20/h3-5,8-11,13-14,19H,6-7,12,15-16H2,1-2H3,(H,26,28). The summed E-state index contributed by atoms with van der Waals surface area (Å²) in [5, 5.41) is 3.06. The highest BCUT2D eigenvalue weighted by molar-refractivity contribution is 5.94. The lowest BCUT2D eigenvalue weighted by atomic mass is 9.97. The minimum Gasteiger partial charge on any atom is -0.465 e. The van der Waals surface area contributed by atoms with E-state index in [-0.39, 0.29) is 11.8 Å². The number of aryl methyl sites for hydroxylation is 2. The van der Waals surface area contributed by atoms with Crippen LogP contribution in [0, 0.1) is 19.8 Å². The minimum absolute atomic E-state index is 0.0220. The lowest BCUT2D eigenvalue weighted by Crippen LogP contribution is -2.40. The molecule has 4 rings (SSSR count). The predicted octanol–water partition coefficient (Wildman–Crippen LogP) is 4.93. The number of hydrogen-bond acceptors (Lipinski definition) is 5. The van der Waals surface area contributed by atoms with Gasteiger partial charge in [-0.15, -0.1) is 0 Å². The molecule has 1 aromatic carbocycles. The number of carbonyl (C=O) groups excluding carboxylic acids is 1. The molecule has 156 valence electrons. The van der Waals surface area contributed by atoms with Gasteiger partial charge in [0.25, 0.3) is 0 Å². The molecule has 0 spiro atoms. The van der Waals surface area contributed by atoms with Crippen molar-refractivity contribution in [3.63, 3.8) is 0 Å². The highest BCUT2D eigenvalue weighted by atomic mass is 16.5. The number of ether oxygens (including phenoxy) is 1. The van der Waals surface area contributed by atoms with Gasteiger partial charge in [-0.1, -0.05) is 12.1 Å². The molecule has 0 saturated carbocycles. The summed E-state index contributed by atoms with van der Waals surface area (Å²) in [4.78, 5) is 19.4. The van der Waals surface area contributed by atoms with Gasteiger partial charge in [0.1, 0.15) is 17.3 Å². The molecule has 1 aliphatic heterocycles. The van der Waals surface area contributed by atoms with Crippen molar-refractivity contribution in [2.75, 3.05) is 18.4 Å². The number of aromatic nitrogens is 1. The van der Waals surface area contributed by atoms with Gasteiger partial charge in [-0.25, -0.2) is 0 Å². The molecular weight excluding hydrogens is 378 g/mol. The highest BCUT2D eigenvalue weighted by Crippen LogP contribution is 2.30. The number of anilines is 1. The fraction of sp³-hybridized carbons (Fsp3) is 0.333. The van der Waals surface area contributed by atoms with Gasteiger partial charge in [0.15, 0.2) is 5.75 Å². The van der Waals surface area contributed by atoms with E-state index in [4.69, 9.17) is 9.15 Å². The molecule has 1 fully saturated rings. The SMILES string of the molecule is Cc1cc(CN2CCCC(C(=O)Nc3ccccc3Oc3cccnc3)C2)oc1C. The third kappa shape index (κ3) is 4.89. The molecule has 6 nitrogen and oxygen atoms in total. The molecule has 3 aromatic rings. The zero-order valence-electron chi connectivity index (χ0n) is 17.4. The molecule has 6 heteroatoms. The van der Waals surface area contributed by atoms with Gasteiger partial charge in [0, 0.05) is 12.7 Å². The maximum atomic E-state index is 13.0. The van der Waals surface area contributed by atoms with Crippen LogP contribution < -0.4 is 10.1 Å². The lowest BCUT2D eigenvalue weighted by Gasteiger charge is -2.31. The van der Waals surface area contributed by atoms with Crippen molar-refractivity contribution in [3.05, 3.63) is 71.9 Å². The van der Waals surface area contributed by atoms with Crippen molar-refractivity contribution < 1.29 is 13.9 Å². The molecule has 1 amide bonds. The molecule has 30 heavy (non-hydrogen) atoms. The Balaban J connectivity index is 1.40. The Kier molecular flexibility index (Phi) is 6.14. The van der Waals surface area contributed by atoms with E-state index in [0.29, 0.717) is 17.2 Å². The normalized spacial score (nSPS) is 16.9. The van der Waals surface area contributed by atoms with E-state index in [0.717, 1.165) is 44.0 Å². The number of carbonyl (C=O) groups is 1. The Hall–Kier alpha value is -3.12. The number of piperidine rings is 1. The average Bonchev–Trinajstić information content (AvgIpc) is 3.07.